The van der Waals surface area contributed by atoms with Crippen LogP contribution in [0.25, 0.3) is 0 Å². The Bertz CT molecular complexity index is 963. The fraction of sp³-hybridized carbons (Fsp3) is 0.700. The van der Waals surface area contributed by atoms with Crippen LogP contribution in [0, 0.1) is 5.92 Å². The van der Waals surface area contributed by atoms with Crippen molar-refractivity contribution in [2.24, 2.45) is 5.92 Å². The van der Waals surface area contributed by atoms with Crippen molar-refractivity contribution in [3.8, 4) is 0 Å². The molecule has 212 valence electrons. The molecule has 0 bridgehead atoms. The summed E-state index contributed by atoms with van der Waals surface area (Å²) >= 11 is 0. The summed E-state index contributed by atoms with van der Waals surface area (Å²) in [5.74, 6) is 0.267. The first-order valence-corrected chi connectivity index (χ1v) is 13.9. The lowest BCUT2D eigenvalue weighted by Crippen LogP contribution is -2.52. The summed E-state index contributed by atoms with van der Waals surface area (Å²) in [7, 11) is 0. The summed E-state index contributed by atoms with van der Waals surface area (Å²) in [6.07, 6.45) is 4.57. The number of carbonyl (C=O) groups is 3. The number of amides is 2. The van der Waals surface area contributed by atoms with Crippen molar-refractivity contribution in [2.45, 2.75) is 129 Å². The van der Waals surface area contributed by atoms with E-state index < -0.39 is 41.2 Å². The topological polar surface area (TPSA) is 94.2 Å². The highest BCUT2D eigenvalue weighted by molar-refractivity contribution is 5.87. The van der Waals surface area contributed by atoms with Crippen LogP contribution < -0.4 is 5.32 Å². The molecule has 2 atom stereocenters. The van der Waals surface area contributed by atoms with E-state index in [1.165, 1.54) is 6.42 Å². The van der Waals surface area contributed by atoms with Crippen molar-refractivity contribution in [3.63, 3.8) is 0 Å². The van der Waals surface area contributed by atoms with Crippen molar-refractivity contribution in [1.29, 1.82) is 0 Å². The molecule has 0 aromatic heterocycles. The van der Waals surface area contributed by atoms with Gasteiger partial charge in [0.1, 0.15) is 24.0 Å². The number of alkyl carbamates (subject to hydrolysis) is 1. The number of hydrogen-bond donors (Lipinski definition) is 1. The van der Waals surface area contributed by atoms with E-state index in [1.54, 1.807) is 18.7 Å². The lowest BCUT2D eigenvalue weighted by molar-refractivity contribution is -0.137. The van der Waals surface area contributed by atoms with Crippen molar-refractivity contribution >= 4 is 18.0 Å². The van der Waals surface area contributed by atoms with Crippen LogP contribution in [0.1, 0.15) is 99.0 Å². The van der Waals surface area contributed by atoms with Gasteiger partial charge in [-0.05, 0) is 66.4 Å². The number of nitrogens with zero attached hydrogens (tertiary/aromatic N) is 1. The molecule has 0 unspecified atom stereocenters. The molecule has 1 aromatic rings. The third kappa shape index (κ3) is 8.45. The Hall–Kier alpha value is -2.61. The van der Waals surface area contributed by atoms with Gasteiger partial charge in [-0.25, -0.2) is 9.59 Å². The summed E-state index contributed by atoms with van der Waals surface area (Å²) < 4.78 is 17.4. The Morgan fingerprint density at radius 3 is 2.26 bits per heavy atom. The van der Waals surface area contributed by atoms with Gasteiger partial charge in [-0.3, -0.25) is 9.69 Å². The Labute approximate surface area is 227 Å². The Morgan fingerprint density at radius 1 is 1.03 bits per heavy atom. The third-order valence-corrected chi connectivity index (χ3v) is 7.15. The molecule has 0 radical (unpaired) electrons. The Morgan fingerprint density at radius 2 is 1.66 bits per heavy atom. The zero-order chi connectivity index (χ0) is 28.1. The van der Waals surface area contributed by atoms with Gasteiger partial charge in [0.05, 0.1) is 6.04 Å². The van der Waals surface area contributed by atoms with Crippen LogP contribution in [-0.2, 0) is 25.6 Å². The molecule has 1 saturated heterocycles. The maximum absolute atomic E-state index is 13.7. The van der Waals surface area contributed by atoms with Gasteiger partial charge in [0.15, 0.2) is 5.78 Å². The fourth-order valence-electron chi connectivity index (χ4n) is 5.54. The molecule has 1 aromatic carbocycles. The average Bonchev–Trinajstić information content (AvgIpc) is 3.07. The van der Waals surface area contributed by atoms with Crippen molar-refractivity contribution in [1.82, 2.24) is 10.2 Å². The largest absolute Gasteiger partial charge is 0.445 e. The molecule has 8 heteroatoms. The lowest BCUT2D eigenvalue weighted by atomic mass is 9.82. The van der Waals surface area contributed by atoms with E-state index in [1.807, 2.05) is 65.0 Å². The van der Waals surface area contributed by atoms with E-state index in [4.69, 9.17) is 14.2 Å². The van der Waals surface area contributed by atoms with E-state index in [0.29, 0.717) is 12.3 Å². The molecule has 1 heterocycles. The van der Waals surface area contributed by atoms with Gasteiger partial charge >= 0.3 is 12.2 Å². The molecule has 0 spiro atoms. The zero-order valence-electron chi connectivity index (χ0n) is 24.2. The van der Waals surface area contributed by atoms with Gasteiger partial charge in [0.2, 0.25) is 0 Å². The van der Waals surface area contributed by atoms with Crippen molar-refractivity contribution < 1.29 is 28.6 Å². The highest BCUT2D eigenvalue weighted by Gasteiger charge is 2.54. The van der Waals surface area contributed by atoms with Crippen molar-refractivity contribution in [2.75, 3.05) is 0 Å². The van der Waals surface area contributed by atoms with Gasteiger partial charge < -0.3 is 19.5 Å². The summed E-state index contributed by atoms with van der Waals surface area (Å²) in [5.41, 5.74) is -1.66. The van der Waals surface area contributed by atoms with Crippen LogP contribution in [0.15, 0.2) is 30.3 Å². The van der Waals surface area contributed by atoms with Crippen LogP contribution in [0.2, 0.25) is 0 Å². The van der Waals surface area contributed by atoms with Crippen LogP contribution in [0.3, 0.4) is 0 Å². The number of ketones is 1. The van der Waals surface area contributed by atoms with Gasteiger partial charge in [-0.1, -0.05) is 62.4 Å². The molecule has 1 aliphatic heterocycles. The SMILES string of the molecule is CC(C)(CC(=O)[C@@H]1OC(C)(C)N(C(=O)OC(C)(C)C)[C@H]1CC1CCCCC1)NC(=O)OCc1ccccc1. The lowest BCUT2D eigenvalue weighted by Gasteiger charge is -2.36. The smallest absolute Gasteiger partial charge is 0.412 e. The fourth-order valence-corrected chi connectivity index (χ4v) is 5.54. The number of carbonyl (C=O) groups excluding carboxylic acids is 3. The highest BCUT2D eigenvalue weighted by Crippen LogP contribution is 2.40. The Kier molecular flexibility index (Phi) is 9.50. The van der Waals surface area contributed by atoms with E-state index in [0.717, 1.165) is 31.2 Å². The molecular formula is C30H46N2O6. The highest BCUT2D eigenvalue weighted by atomic mass is 16.6. The number of benzene rings is 1. The normalized spacial score (nSPS) is 22.1. The summed E-state index contributed by atoms with van der Waals surface area (Å²) in [6, 6.07) is 8.99. The number of rotatable bonds is 8. The summed E-state index contributed by atoms with van der Waals surface area (Å²) in [6.45, 7) is 12.8. The molecule has 1 N–H and O–H groups in total. The third-order valence-electron chi connectivity index (χ3n) is 7.15. The van der Waals surface area contributed by atoms with Gasteiger partial charge in [-0.15, -0.1) is 0 Å². The van der Waals surface area contributed by atoms with E-state index in [-0.39, 0.29) is 18.8 Å². The first-order chi connectivity index (χ1) is 17.7. The number of Topliss-reactive ketones (excluding diaryl/α,β-unsaturated/α-hetero) is 1. The van der Waals surface area contributed by atoms with Crippen LogP contribution in [0.4, 0.5) is 9.59 Å². The number of nitrogens with one attached hydrogen (secondary N) is 1. The number of hydrogen-bond acceptors (Lipinski definition) is 6. The molecule has 1 saturated carbocycles. The minimum Gasteiger partial charge on any atom is -0.445 e. The first-order valence-electron chi connectivity index (χ1n) is 13.9. The van der Waals surface area contributed by atoms with Gasteiger partial charge in [0, 0.05) is 12.0 Å². The maximum atomic E-state index is 13.7. The second-order valence-electron chi connectivity index (χ2n) is 12.9. The first kappa shape index (κ1) is 29.9. The van der Waals surface area contributed by atoms with Crippen LogP contribution in [-0.4, -0.2) is 51.9 Å². The molecule has 2 fully saturated rings. The van der Waals surface area contributed by atoms with Crippen molar-refractivity contribution in [3.05, 3.63) is 35.9 Å². The molecule has 2 aliphatic rings. The van der Waals surface area contributed by atoms with E-state index in [9.17, 15) is 14.4 Å². The Balaban J connectivity index is 1.72. The number of ether oxygens (including phenoxy) is 3. The monoisotopic (exact) mass is 530 g/mol. The summed E-state index contributed by atoms with van der Waals surface area (Å²) in [5, 5.41) is 2.82. The molecular weight excluding hydrogens is 484 g/mol. The van der Waals surface area contributed by atoms with Crippen LogP contribution >= 0.6 is 0 Å². The molecule has 2 amide bonds. The van der Waals surface area contributed by atoms with Crippen LogP contribution in [0.5, 0.6) is 0 Å². The standard InChI is InChI=1S/C30H46N2O6/c1-28(2,3)38-27(35)32-23(18-21-14-10-8-11-15-21)25(37-30(32,6)7)24(33)19-29(4,5)31-26(34)36-20-22-16-12-9-13-17-22/h9,12-13,16-17,21,23,25H,8,10-11,14-15,18-20H2,1-7H3,(H,31,34)/t23-,25+/m0/s1. The minimum absolute atomic E-state index is 0.0392. The minimum atomic E-state index is -1.01. The maximum Gasteiger partial charge on any atom is 0.412 e. The molecule has 1 aliphatic carbocycles. The van der Waals surface area contributed by atoms with Gasteiger partial charge in [0.25, 0.3) is 0 Å². The predicted molar refractivity (Wildman–Crippen MR) is 145 cm³/mol. The quantitative estimate of drug-likeness (QED) is 0.420. The van der Waals surface area contributed by atoms with E-state index >= 15 is 0 Å². The second kappa shape index (κ2) is 12.1. The van der Waals surface area contributed by atoms with Gasteiger partial charge in [-0.2, -0.15) is 0 Å². The molecule has 38 heavy (non-hydrogen) atoms. The zero-order valence-corrected chi connectivity index (χ0v) is 24.2. The predicted octanol–water partition coefficient (Wildman–Crippen LogP) is 6.36. The molecule has 8 nitrogen and oxygen atoms in total. The second-order valence-corrected chi connectivity index (χ2v) is 12.9. The average molecular weight is 531 g/mol. The summed E-state index contributed by atoms with van der Waals surface area (Å²) in [4.78, 5) is 41.2. The molecule has 3 rings (SSSR count). The van der Waals surface area contributed by atoms with E-state index in [2.05, 4.69) is 5.32 Å².